The van der Waals surface area contributed by atoms with Crippen LogP contribution >= 0.6 is 0 Å². The van der Waals surface area contributed by atoms with Gasteiger partial charge in [0, 0.05) is 26.2 Å². The van der Waals surface area contributed by atoms with Crippen LogP contribution < -0.4 is 5.32 Å². The van der Waals surface area contributed by atoms with Crippen LogP contribution in [0, 0.1) is 0 Å². The lowest BCUT2D eigenvalue weighted by molar-refractivity contribution is -0.136. The van der Waals surface area contributed by atoms with Crippen LogP contribution in [0.4, 0.5) is 0 Å². The Labute approximate surface area is 125 Å². The highest BCUT2D eigenvalue weighted by Gasteiger charge is 2.21. The molecule has 0 spiro atoms. The lowest BCUT2D eigenvalue weighted by Crippen LogP contribution is -2.40. The second-order valence-corrected chi connectivity index (χ2v) is 5.66. The van der Waals surface area contributed by atoms with Crippen molar-refractivity contribution in [3.05, 3.63) is 35.4 Å². The van der Waals surface area contributed by atoms with Crippen LogP contribution in [-0.2, 0) is 22.6 Å². The number of rotatable bonds is 5. The Morgan fingerprint density at radius 2 is 1.95 bits per heavy atom. The normalized spacial score (nSPS) is 14.0. The largest absolute Gasteiger partial charge is 0.354 e. The van der Waals surface area contributed by atoms with Gasteiger partial charge in [-0.2, -0.15) is 0 Å². The highest BCUT2D eigenvalue weighted by molar-refractivity contribution is 5.96. The molecule has 0 aromatic heterocycles. The van der Waals surface area contributed by atoms with Gasteiger partial charge in [0.2, 0.25) is 11.8 Å². The molecular weight excluding hydrogens is 266 g/mol. The first kappa shape index (κ1) is 15.5. The summed E-state index contributed by atoms with van der Waals surface area (Å²) in [7, 11) is 3.89. The molecule has 0 atom stereocenters. The van der Waals surface area contributed by atoms with Crippen molar-refractivity contribution in [2.45, 2.75) is 19.4 Å². The summed E-state index contributed by atoms with van der Waals surface area (Å²) in [4.78, 5) is 27.7. The van der Waals surface area contributed by atoms with Crippen molar-refractivity contribution in [2.75, 3.05) is 33.7 Å². The maximum Gasteiger partial charge on any atom is 0.232 e. The summed E-state index contributed by atoms with van der Waals surface area (Å²) >= 11 is 0. The van der Waals surface area contributed by atoms with Crippen LogP contribution in [-0.4, -0.2) is 55.3 Å². The fourth-order valence-corrected chi connectivity index (χ4v) is 2.44. The molecule has 0 unspecified atom stereocenters. The van der Waals surface area contributed by atoms with Gasteiger partial charge >= 0.3 is 0 Å². The number of carbonyl (C=O) groups is 2. The van der Waals surface area contributed by atoms with Gasteiger partial charge in [0.25, 0.3) is 0 Å². The molecule has 0 bridgehead atoms. The number of fused-ring (bicyclic) bond motifs is 1. The van der Waals surface area contributed by atoms with Gasteiger partial charge in [-0.1, -0.05) is 24.3 Å². The van der Waals surface area contributed by atoms with Crippen LogP contribution in [0.5, 0.6) is 0 Å². The van der Waals surface area contributed by atoms with E-state index in [1.54, 1.807) is 4.90 Å². The number of carbonyl (C=O) groups excluding carboxylic acids is 2. The SMILES string of the molecule is CN(C)CCNC(=O)CC(=O)N1CCc2ccccc2C1. The zero-order valence-corrected chi connectivity index (χ0v) is 12.8. The van der Waals surface area contributed by atoms with Gasteiger partial charge in [-0.15, -0.1) is 0 Å². The van der Waals surface area contributed by atoms with E-state index in [1.807, 2.05) is 37.2 Å². The molecule has 21 heavy (non-hydrogen) atoms. The highest BCUT2D eigenvalue weighted by Crippen LogP contribution is 2.18. The molecule has 0 aliphatic carbocycles. The topological polar surface area (TPSA) is 52.7 Å². The lowest BCUT2D eigenvalue weighted by atomic mass is 10.00. The number of hydrogen-bond donors (Lipinski definition) is 1. The Balaban J connectivity index is 1.81. The van der Waals surface area contributed by atoms with Crippen molar-refractivity contribution < 1.29 is 9.59 Å². The summed E-state index contributed by atoms with van der Waals surface area (Å²) in [6.07, 6.45) is 0.805. The predicted molar refractivity (Wildman–Crippen MR) is 81.7 cm³/mol. The number of likely N-dealkylation sites (N-methyl/N-ethyl adjacent to an activating group) is 1. The molecule has 0 saturated heterocycles. The maximum absolute atomic E-state index is 12.2. The van der Waals surface area contributed by atoms with E-state index in [9.17, 15) is 9.59 Å². The van der Waals surface area contributed by atoms with E-state index in [0.29, 0.717) is 19.6 Å². The molecule has 1 aromatic rings. The van der Waals surface area contributed by atoms with Crippen LogP contribution in [0.1, 0.15) is 17.5 Å². The molecule has 0 fully saturated rings. The number of benzene rings is 1. The van der Waals surface area contributed by atoms with Crippen molar-refractivity contribution in [2.24, 2.45) is 0 Å². The third kappa shape index (κ3) is 4.56. The minimum absolute atomic E-state index is 0.0599. The zero-order chi connectivity index (χ0) is 15.2. The van der Waals surface area contributed by atoms with Gasteiger partial charge < -0.3 is 15.1 Å². The smallest absolute Gasteiger partial charge is 0.232 e. The molecule has 2 amide bonds. The number of nitrogens with one attached hydrogen (secondary N) is 1. The molecule has 5 heteroatoms. The molecule has 1 aliphatic rings. The second-order valence-electron chi connectivity index (χ2n) is 5.66. The van der Waals surface area contributed by atoms with Gasteiger partial charge in [-0.25, -0.2) is 0 Å². The molecule has 1 aliphatic heterocycles. The second kappa shape index (κ2) is 7.22. The van der Waals surface area contributed by atoms with Crippen molar-refractivity contribution >= 4 is 11.8 Å². The average molecular weight is 289 g/mol. The summed E-state index contributed by atoms with van der Waals surface area (Å²) in [6, 6.07) is 8.16. The summed E-state index contributed by atoms with van der Waals surface area (Å²) in [5.74, 6) is -0.285. The Bertz CT molecular complexity index is 514. The minimum atomic E-state index is -0.194. The molecule has 1 N–H and O–H groups in total. The van der Waals surface area contributed by atoms with E-state index < -0.39 is 0 Å². The number of amides is 2. The van der Waals surface area contributed by atoms with Crippen LogP contribution in [0.15, 0.2) is 24.3 Å². The Hall–Kier alpha value is -1.88. The van der Waals surface area contributed by atoms with Crippen molar-refractivity contribution in [1.82, 2.24) is 15.1 Å². The van der Waals surface area contributed by atoms with Gasteiger partial charge in [0.05, 0.1) is 0 Å². The lowest BCUT2D eigenvalue weighted by Gasteiger charge is -2.28. The fourth-order valence-electron chi connectivity index (χ4n) is 2.44. The Morgan fingerprint density at radius 3 is 2.67 bits per heavy atom. The van der Waals surface area contributed by atoms with Crippen molar-refractivity contribution in [1.29, 1.82) is 0 Å². The summed E-state index contributed by atoms with van der Waals surface area (Å²) in [5.41, 5.74) is 2.49. The minimum Gasteiger partial charge on any atom is -0.354 e. The van der Waals surface area contributed by atoms with Gasteiger partial charge in [0.1, 0.15) is 6.42 Å². The van der Waals surface area contributed by atoms with Crippen molar-refractivity contribution in [3.8, 4) is 0 Å². The summed E-state index contributed by atoms with van der Waals surface area (Å²) in [5, 5.41) is 2.78. The monoisotopic (exact) mass is 289 g/mol. The molecule has 2 rings (SSSR count). The van der Waals surface area contributed by atoms with E-state index in [-0.39, 0.29) is 18.2 Å². The molecule has 5 nitrogen and oxygen atoms in total. The van der Waals surface area contributed by atoms with Crippen LogP contribution in [0.2, 0.25) is 0 Å². The van der Waals surface area contributed by atoms with Gasteiger partial charge in [-0.05, 0) is 31.6 Å². The van der Waals surface area contributed by atoms with E-state index in [0.717, 1.165) is 13.0 Å². The third-order valence-corrected chi connectivity index (χ3v) is 3.68. The van der Waals surface area contributed by atoms with Gasteiger partial charge in [-0.3, -0.25) is 9.59 Å². The third-order valence-electron chi connectivity index (χ3n) is 3.68. The fraction of sp³-hybridized carbons (Fsp3) is 0.500. The Morgan fingerprint density at radius 1 is 1.24 bits per heavy atom. The first-order valence-electron chi connectivity index (χ1n) is 7.32. The molecule has 114 valence electrons. The van der Waals surface area contributed by atoms with Crippen LogP contribution in [0.25, 0.3) is 0 Å². The Kier molecular flexibility index (Phi) is 5.33. The highest BCUT2D eigenvalue weighted by atomic mass is 16.2. The predicted octanol–water partition coefficient (Wildman–Crippen LogP) is 0.639. The molecular formula is C16H23N3O2. The number of hydrogen-bond acceptors (Lipinski definition) is 3. The molecule has 0 radical (unpaired) electrons. The average Bonchev–Trinajstić information content (AvgIpc) is 2.46. The summed E-state index contributed by atoms with van der Waals surface area (Å²) in [6.45, 7) is 2.65. The van der Waals surface area contributed by atoms with E-state index in [1.165, 1.54) is 11.1 Å². The zero-order valence-electron chi connectivity index (χ0n) is 12.8. The van der Waals surface area contributed by atoms with Crippen molar-refractivity contribution in [3.63, 3.8) is 0 Å². The van der Waals surface area contributed by atoms with E-state index >= 15 is 0 Å². The standard InChI is InChI=1S/C16H23N3O2/c1-18(2)10-8-17-15(20)11-16(21)19-9-7-13-5-3-4-6-14(13)12-19/h3-6H,7-12H2,1-2H3,(H,17,20). The van der Waals surface area contributed by atoms with E-state index in [4.69, 9.17) is 0 Å². The van der Waals surface area contributed by atoms with Crippen LogP contribution in [0.3, 0.4) is 0 Å². The summed E-state index contributed by atoms with van der Waals surface area (Å²) < 4.78 is 0. The molecule has 1 heterocycles. The maximum atomic E-state index is 12.2. The number of nitrogens with zero attached hydrogens (tertiary/aromatic N) is 2. The molecule has 1 aromatic carbocycles. The first-order valence-corrected chi connectivity index (χ1v) is 7.32. The quantitative estimate of drug-likeness (QED) is 0.809. The molecule has 0 saturated carbocycles. The first-order chi connectivity index (χ1) is 10.1. The van der Waals surface area contributed by atoms with Gasteiger partial charge in [0.15, 0.2) is 0 Å². The van der Waals surface area contributed by atoms with E-state index in [2.05, 4.69) is 11.4 Å².